The summed E-state index contributed by atoms with van der Waals surface area (Å²) in [5.74, 6) is 2.27. The number of hydrogen-bond acceptors (Lipinski definition) is 7. The molecule has 9 heteroatoms. The van der Waals surface area contributed by atoms with Gasteiger partial charge in [-0.3, -0.25) is 9.36 Å². The lowest BCUT2D eigenvalue weighted by atomic mass is 9.98. The second kappa shape index (κ2) is 9.08. The highest BCUT2D eigenvalue weighted by Crippen LogP contribution is 2.36. The van der Waals surface area contributed by atoms with Crippen LogP contribution in [-0.2, 0) is 17.8 Å². The molecular weight excluding hydrogens is 430 g/mol. The van der Waals surface area contributed by atoms with Gasteiger partial charge in [0.25, 0.3) is 0 Å². The number of carbonyl (C=O) groups excluding carboxylic acids is 1. The Bertz CT molecular complexity index is 1020. The Morgan fingerprint density at radius 1 is 1.26 bits per heavy atom. The van der Waals surface area contributed by atoms with Crippen LogP contribution in [0.5, 0.6) is 0 Å². The summed E-state index contributed by atoms with van der Waals surface area (Å²) in [6.45, 7) is 5.52. The highest BCUT2D eigenvalue weighted by atomic mass is 32.2. The second-order valence-electron chi connectivity index (χ2n) is 7.99. The lowest BCUT2D eigenvalue weighted by Crippen LogP contribution is -2.40. The van der Waals surface area contributed by atoms with Crippen molar-refractivity contribution < 1.29 is 9.21 Å². The van der Waals surface area contributed by atoms with E-state index in [0.29, 0.717) is 12.3 Å². The molecule has 31 heavy (non-hydrogen) atoms. The van der Waals surface area contributed by atoms with E-state index in [0.717, 1.165) is 49.3 Å². The summed E-state index contributed by atoms with van der Waals surface area (Å²) in [5.41, 5.74) is 1.33. The van der Waals surface area contributed by atoms with Crippen LogP contribution in [0.25, 0.3) is 0 Å². The number of aromatic nitrogens is 3. The zero-order chi connectivity index (χ0) is 21.2. The topological polar surface area (TPSA) is 67.4 Å². The van der Waals surface area contributed by atoms with Crippen molar-refractivity contribution in [2.75, 3.05) is 30.3 Å². The molecule has 0 saturated carbocycles. The lowest BCUT2D eigenvalue weighted by molar-refractivity contribution is -0.131. The minimum absolute atomic E-state index is 0.170. The number of hydrogen-bond donors (Lipinski definition) is 0. The molecule has 0 bridgehead atoms. The van der Waals surface area contributed by atoms with Gasteiger partial charge in [0.1, 0.15) is 5.76 Å². The number of anilines is 1. The van der Waals surface area contributed by atoms with Crippen molar-refractivity contribution in [1.82, 2.24) is 19.7 Å². The second-order valence-corrected chi connectivity index (χ2v) is 9.93. The number of thiophene rings is 1. The molecule has 164 valence electrons. The van der Waals surface area contributed by atoms with Crippen LogP contribution in [0.1, 0.15) is 48.4 Å². The maximum Gasteiger partial charge on any atom is 0.233 e. The molecule has 1 saturated heterocycles. The van der Waals surface area contributed by atoms with Gasteiger partial charge >= 0.3 is 0 Å². The number of furan rings is 1. The van der Waals surface area contributed by atoms with Gasteiger partial charge in [0, 0.05) is 24.5 Å². The molecule has 3 aromatic heterocycles. The molecule has 0 radical (unpaired) electrons. The van der Waals surface area contributed by atoms with E-state index in [-0.39, 0.29) is 11.9 Å². The zero-order valence-electron chi connectivity index (χ0n) is 17.7. The Morgan fingerprint density at radius 2 is 2.13 bits per heavy atom. The molecule has 0 spiro atoms. The highest BCUT2D eigenvalue weighted by Gasteiger charge is 2.31. The molecule has 1 atom stereocenters. The third kappa shape index (κ3) is 4.13. The highest BCUT2D eigenvalue weighted by molar-refractivity contribution is 7.99. The number of nitrogens with zero attached hydrogens (tertiary/aromatic N) is 5. The van der Waals surface area contributed by atoms with E-state index < -0.39 is 0 Å². The SMILES string of the molecule is CCC1c2ccsc2CCN1C(=O)CSc1nnc(N2CCCC2)n1Cc1ccco1. The van der Waals surface area contributed by atoms with Gasteiger partial charge in [-0.1, -0.05) is 18.7 Å². The minimum Gasteiger partial charge on any atom is -0.467 e. The lowest BCUT2D eigenvalue weighted by Gasteiger charge is -2.35. The number of thioether (sulfide) groups is 1. The fourth-order valence-electron chi connectivity index (χ4n) is 4.58. The average molecular weight is 458 g/mol. The number of amides is 1. The van der Waals surface area contributed by atoms with Crippen LogP contribution < -0.4 is 4.90 Å². The first-order valence-corrected chi connectivity index (χ1v) is 12.8. The van der Waals surface area contributed by atoms with Crippen LogP contribution >= 0.6 is 23.1 Å². The molecule has 7 nitrogen and oxygen atoms in total. The van der Waals surface area contributed by atoms with Crippen molar-refractivity contribution in [2.45, 2.75) is 50.4 Å². The number of carbonyl (C=O) groups is 1. The summed E-state index contributed by atoms with van der Waals surface area (Å²) in [6, 6.07) is 6.23. The van der Waals surface area contributed by atoms with Crippen molar-refractivity contribution in [3.05, 3.63) is 46.0 Å². The van der Waals surface area contributed by atoms with Gasteiger partial charge in [0.15, 0.2) is 5.16 Å². The standard InChI is InChI=1S/C22H27N5O2S2/c1-2-18-17-8-13-30-19(17)7-11-26(18)20(28)15-31-22-24-23-21(25-9-3-4-10-25)27(22)14-16-6-5-12-29-16/h5-6,8,12-13,18H,2-4,7,9-11,14-15H2,1H3. The molecule has 5 heterocycles. The average Bonchev–Trinajstić information content (AvgIpc) is 3.59. The van der Waals surface area contributed by atoms with E-state index in [9.17, 15) is 4.79 Å². The van der Waals surface area contributed by atoms with Crippen molar-refractivity contribution in [2.24, 2.45) is 0 Å². The van der Waals surface area contributed by atoms with Gasteiger partial charge in [0.2, 0.25) is 11.9 Å². The first-order valence-electron chi connectivity index (χ1n) is 10.9. The molecule has 3 aromatic rings. The van der Waals surface area contributed by atoms with Crippen LogP contribution in [0.2, 0.25) is 0 Å². The minimum atomic E-state index is 0.170. The van der Waals surface area contributed by atoms with Gasteiger partial charge < -0.3 is 14.2 Å². The first-order chi connectivity index (χ1) is 15.2. The van der Waals surface area contributed by atoms with Gasteiger partial charge in [-0.15, -0.1) is 21.5 Å². The van der Waals surface area contributed by atoms with Crippen molar-refractivity contribution >= 4 is 35.0 Å². The normalized spacial score (nSPS) is 18.5. The predicted molar refractivity (Wildman–Crippen MR) is 123 cm³/mol. The Hall–Kier alpha value is -2.26. The summed E-state index contributed by atoms with van der Waals surface area (Å²) in [7, 11) is 0. The molecule has 1 amide bonds. The molecule has 2 aliphatic rings. The van der Waals surface area contributed by atoms with Gasteiger partial charge in [-0.05, 0) is 54.8 Å². The van der Waals surface area contributed by atoms with Gasteiger partial charge in [-0.25, -0.2) is 0 Å². The van der Waals surface area contributed by atoms with E-state index in [2.05, 4.69) is 42.9 Å². The molecule has 1 unspecified atom stereocenters. The first kappa shape index (κ1) is 20.6. The number of rotatable bonds is 7. The van der Waals surface area contributed by atoms with E-state index >= 15 is 0 Å². The van der Waals surface area contributed by atoms with Crippen LogP contribution in [0.4, 0.5) is 5.95 Å². The summed E-state index contributed by atoms with van der Waals surface area (Å²) >= 11 is 3.29. The van der Waals surface area contributed by atoms with Crippen molar-refractivity contribution in [1.29, 1.82) is 0 Å². The van der Waals surface area contributed by atoms with Crippen LogP contribution in [-0.4, -0.2) is 51.0 Å². The van der Waals surface area contributed by atoms with E-state index in [1.807, 2.05) is 23.5 Å². The smallest absolute Gasteiger partial charge is 0.233 e. The van der Waals surface area contributed by atoms with E-state index in [4.69, 9.17) is 4.42 Å². The quantitative estimate of drug-likeness (QED) is 0.495. The zero-order valence-corrected chi connectivity index (χ0v) is 19.3. The Labute approximate surface area is 190 Å². The largest absolute Gasteiger partial charge is 0.467 e. The summed E-state index contributed by atoms with van der Waals surface area (Å²) in [6.07, 6.45) is 5.92. The van der Waals surface area contributed by atoms with Gasteiger partial charge in [-0.2, -0.15) is 0 Å². The Morgan fingerprint density at radius 3 is 2.90 bits per heavy atom. The maximum absolute atomic E-state index is 13.2. The maximum atomic E-state index is 13.2. The van der Waals surface area contributed by atoms with Crippen LogP contribution in [0.3, 0.4) is 0 Å². The fraction of sp³-hybridized carbons (Fsp3) is 0.500. The molecule has 0 aromatic carbocycles. The van der Waals surface area contributed by atoms with Crippen molar-refractivity contribution in [3.8, 4) is 0 Å². The molecular formula is C22H27N5O2S2. The third-order valence-electron chi connectivity index (χ3n) is 6.11. The molecule has 5 rings (SSSR count). The monoisotopic (exact) mass is 457 g/mol. The Balaban J connectivity index is 1.32. The molecule has 2 aliphatic heterocycles. The summed E-state index contributed by atoms with van der Waals surface area (Å²) < 4.78 is 7.67. The summed E-state index contributed by atoms with van der Waals surface area (Å²) in [4.78, 5) is 18.9. The molecule has 0 aliphatic carbocycles. The third-order valence-corrected chi connectivity index (χ3v) is 8.05. The Kier molecular flexibility index (Phi) is 6.04. The van der Waals surface area contributed by atoms with Crippen LogP contribution in [0.15, 0.2) is 39.4 Å². The van der Waals surface area contributed by atoms with Gasteiger partial charge in [0.05, 0.1) is 24.6 Å². The summed E-state index contributed by atoms with van der Waals surface area (Å²) in [5, 5.41) is 11.8. The van der Waals surface area contributed by atoms with E-state index in [1.54, 1.807) is 6.26 Å². The molecule has 0 N–H and O–H groups in total. The number of fused-ring (bicyclic) bond motifs is 1. The fourth-order valence-corrected chi connectivity index (χ4v) is 6.33. The van der Waals surface area contributed by atoms with Crippen LogP contribution in [0, 0.1) is 0 Å². The van der Waals surface area contributed by atoms with E-state index in [1.165, 1.54) is 35.0 Å². The van der Waals surface area contributed by atoms with Crippen molar-refractivity contribution in [3.63, 3.8) is 0 Å². The predicted octanol–water partition coefficient (Wildman–Crippen LogP) is 4.21. The molecule has 1 fully saturated rings.